The minimum absolute atomic E-state index is 0.422. The molecule has 124 valence electrons. The molecule has 1 aliphatic rings. The highest BCUT2D eigenvalue weighted by Crippen LogP contribution is 2.17. The fourth-order valence-corrected chi connectivity index (χ4v) is 2.51. The Morgan fingerprint density at radius 2 is 2.13 bits per heavy atom. The number of nitrogens with one attached hydrogen (secondary N) is 2. The predicted molar refractivity (Wildman–Crippen MR) is 89.9 cm³/mol. The zero-order valence-electron chi connectivity index (χ0n) is 13.5. The van der Waals surface area contributed by atoms with Crippen LogP contribution in [0.3, 0.4) is 0 Å². The Bertz CT molecular complexity index is 569. The lowest BCUT2D eigenvalue weighted by Crippen LogP contribution is -2.38. The van der Waals surface area contributed by atoms with Crippen LogP contribution in [0.1, 0.15) is 31.7 Å². The van der Waals surface area contributed by atoms with Crippen LogP contribution in [-0.2, 0) is 20.9 Å². The van der Waals surface area contributed by atoms with Crippen LogP contribution >= 0.6 is 0 Å². The van der Waals surface area contributed by atoms with Gasteiger partial charge in [-0.2, -0.15) is 0 Å². The van der Waals surface area contributed by atoms with Gasteiger partial charge in [0.1, 0.15) is 0 Å². The van der Waals surface area contributed by atoms with Gasteiger partial charge in [0.05, 0.1) is 6.61 Å². The second-order valence-electron chi connectivity index (χ2n) is 5.65. The molecule has 0 spiro atoms. The summed E-state index contributed by atoms with van der Waals surface area (Å²) < 4.78 is 5.34. The molecule has 0 fully saturated rings. The average molecular weight is 316 g/mol. The van der Waals surface area contributed by atoms with E-state index in [1.54, 1.807) is 6.07 Å². The number of benzene rings is 1. The molecule has 0 aromatic heterocycles. The molecule has 23 heavy (non-hydrogen) atoms. The molecule has 2 N–H and O–H groups in total. The normalized spacial score (nSPS) is 16.8. The lowest BCUT2D eigenvalue weighted by molar-refractivity contribution is -0.136. The van der Waals surface area contributed by atoms with Gasteiger partial charge in [-0.1, -0.05) is 24.3 Å². The van der Waals surface area contributed by atoms with Gasteiger partial charge in [0.25, 0.3) is 0 Å². The number of anilines is 1. The summed E-state index contributed by atoms with van der Waals surface area (Å²) in [5.41, 5.74) is 1.56. The molecular formula is C18H24N2O3. The molecule has 0 radical (unpaired) electrons. The van der Waals surface area contributed by atoms with Crippen LogP contribution < -0.4 is 10.6 Å². The minimum Gasteiger partial charge on any atom is -0.377 e. The molecule has 0 saturated carbocycles. The summed E-state index contributed by atoms with van der Waals surface area (Å²) >= 11 is 0. The molecule has 2 rings (SSSR count). The predicted octanol–water partition coefficient (Wildman–Crippen LogP) is 2.63. The minimum atomic E-state index is -0.634. The van der Waals surface area contributed by atoms with Crippen molar-refractivity contribution in [1.29, 1.82) is 0 Å². The van der Waals surface area contributed by atoms with Crippen LogP contribution in [0.2, 0.25) is 0 Å². The summed E-state index contributed by atoms with van der Waals surface area (Å²) in [6.45, 7) is 3.59. The van der Waals surface area contributed by atoms with E-state index in [2.05, 4.69) is 22.8 Å². The average Bonchev–Trinajstić information content (AvgIpc) is 2.59. The first-order valence-electron chi connectivity index (χ1n) is 8.10. The zero-order valence-corrected chi connectivity index (χ0v) is 13.5. The van der Waals surface area contributed by atoms with Crippen LogP contribution in [0, 0.1) is 5.92 Å². The molecule has 5 nitrogen and oxygen atoms in total. The monoisotopic (exact) mass is 316 g/mol. The van der Waals surface area contributed by atoms with Gasteiger partial charge >= 0.3 is 11.8 Å². The molecule has 0 aliphatic heterocycles. The number of amides is 2. The lowest BCUT2D eigenvalue weighted by Gasteiger charge is -2.17. The van der Waals surface area contributed by atoms with Gasteiger partial charge in [-0.15, -0.1) is 0 Å². The molecule has 1 aromatic rings. The Morgan fingerprint density at radius 3 is 2.87 bits per heavy atom. The molecular weight excluding hydrogens is 292 g/mol. The fourth-order valence-electron chi connectivity index (χ4n) is 2.51. The Labute approximate surface area is 137 Å². The summed E-state index contributed by atoms with van der Waals surface area (Å²) in [5.74, 6) is -0.800. The molecule has 1 atom stereocenters. The van der Waals surface area contributed by atoms with Crippen molar-refractivity contribution in [1.82, 2.24) is 5.32 Å². The molecule has 0 unspecified atom stereocenters. The third-order valence-corrected chi connectivity index (χ3v) is 3.79. The van der Waals surface area contributed by atoms with Gasteiger partial charge in [0.15, 0.2) is 0 Å². The Balaban J connectivity index is 1.80. The maximum atomic E-state index is 11.9. The van der Waals surface area contributed by atoms with Gasteiger partial charge in [-0.3, -0.25) is 9.59 Å². The lowest BCUT2D eigenvalue weighted by atomic mass is 9.94. The third-order valence-electron chi connectivity index (χ3n) is 3.79. The maximum absolute atomic E-state index is 11.9. The first-order valence-corrected chi connectivity index (χ1v) is 8.10. The van der Waals surface area contributed by atoms with Crippen molar-refractivity contribution >= 4 is 17.5 Å². The number of carbonyl (C=O) groups is 2. The van der Waals surface area contributed by atoms with Gasteiger partial charge in [0.2, 0.25) is 0 Å². The summed E-state index contributed by atoms with van der Waals surface area (Å²) in [6, 6.07) is 7.32. The van der Waals surface area contributed by atoms with E-state index in [0.29, 0.717) is 31.4 Å². The summed E-state index contributed by atoms with van der Waals surface area (Å²) in [6.07, 6.45) is 7.34. The van der Waals surface area contributed by atoms with Gasteiger partial charge < -0.3 is 15.4 Å². The quantitative estimate of drug-likeness (QED) is 0.626. The van der Waals surface area contributed by atoms with Crippen LogP contribution in [0.5, 0.6) is 0 Å². The molecule has 0 heterocycles. The summed E-state index contributed by atoms with van der Waals surface area (Å²) in [5, 5.41) is 5.34. The fraction of sp³-hybridized carbons (Fsp3) is 0.444. The largest absolute Gasteiger partial charge is 0.377 e. The Hall–Kier alpha value is -2.14. The van der Waals surface area contributed by atoms with Crippen molar-refractivity contribution in [3.8, 4) is 0 Å². The van der Waals surface area contributed by atoms with Gasteiger partial charge in [-0.25, -0.2) is 0 Å². The smallest absolute Gasteiger partial charge is 0.313 e. The number of ether oxygens (including phenoxy) is 1. The van der Waals surface area contributed by atoms with E-state index in [1.807, 2.05) is 25.1 Å². The van der Waals surface area contributed by atoms with Crippen LogP contribution in [0.4, 0.5) is 5.69 Å². The van der Waals surface area contributed by atoms with Crippen molar-refractivity contribution in [3.05, 3.63) is 42.0 Å². The Kier molecular flexibility index (Phi) is 6.81. The van der Waals surface area contributed by atoms with E-state index in [0.717, 1.165) is 24.8 Å². The number of hydrogen-bond donors (Lipinski definition) is 2. The first kappa shape index (κ1) is 17.2. The van der Waals surface area contributed by atoms with Crippen molar-refractivity contribution in [2.75, 3.05) is 18.5 Å². The molecule has 1 aromatic carbocycles. The zero-order chi connectivity index (χ0) is 16.5. The van der Waals surface area contributed by atoms with E-state index < -0.39 is 11.8 Å². The highest BCUT2D eigenvalue weighted by molar-refractivity contribution is 6.39. The van der Waals surface area contributed by atoms with Crippen molar-refractivity contribution < 1.29 is 14.3 Å². The molecule has 0 bridgehead atoms. The summed E-state index contributed by atoms with van der Waals surface area (Å²) in [7, 11) is 0. The van der Waals surface area contributed by atoms with E-state index in [4.69, 9.17) is 4.74 Å². The second-order valence-corrected chi connectivity index (χ2v) is 5.65. The molecule has 2 amide bonds. The number of carbonyl (C=O) groups excluding carboxylic acids is 2. The number of rotatable bonds is 6. The SMILES string of the molecule is CCOCc1cccc(NC(=O)C(=O)NC[C@@H]2CC=CCC2)c1. The van der Waals surface area contributed by atoms with E-state index in [1.165, 1.54) is 0 Å². The van der Waals surface area contributed by atoms with Gasteiger partial charge in [-0.05, 0) is 49.8 Å². The molecule has 0 saturated heterocycles. The van der Waals surface area contributed by atoms with Crippen LogP contribution in [-0.4, -0.2) is 25.0 Å². The second kappa shape index (κ2) is 9.10. The molecule has 5 heteroatoms. The molecule has 1 aliphatic carbocycles. The van der Waals surface area contributed by atoms with E-state index in [-0.39, 0.29) is 0 Å². The summed E-state index contributed by atoms with van der Waals surface area (Å²) in [4.78, 5) is 23.8. The first-order chi connectivity index (χ1) is 11.2. The van der Waals surface area contributed by atoms with Crippen LogP contribution in [0.15, 0.2) is 36.4 Å². The van der Waals surface area contributed by atoms with E-state index >= 15 is 0 Å². The van der Waals surface area contributed by atoms with Crippen LogP contribution in [0.25, 0.3) is 0 Å². The van der Waals surface area contributed by atoms with Crippen molar-refractivity contribution in [3.63, 3.8) is 0 Å². The topological polar surface area (TPSA) is 67.4 Å². The highest BCUT2D eigenvalue weighted by Gasteiger charge is 2.16. The number of allylic oxidation sites excluding steroid dienone is 2. The standard InChI is InChI=1S/C18H24N2O3/c1-2-23-13-15-9-6-10-16(11-15)20-18(22)17(21)19-12-14-7-4-3-5-8-14/h3-4,6,9-11,14H,2,5,7-8,12-13H2,1H3,(H,19,21)(H,20,22)/t14-/m1/s1. The Morgan fingerprint density at radius 1 is 1.26 bits per heavy atom. The van der Waals surface area contributed by atoms with Gasteiger partial charge in [0, 0.05) is 18.8 Å². The number of hydrogen-bond acceptors (Lipinski definition) is 3. The van der Waals surface area contributed by atoms with E-state index in [9.17, 15) is 9.59 Å². The maximum Gasteiger partial charge on any atom is 0.313 e. The highest BCUT2D eigenvalue weighted by atomic mass is 16.5. The van der Waals surface area contributed by atoms with Crippen molar-refractivity contribution in [2.24, 2.45) is 5.92 Å². The van der Waals surface area contributed by atoms with Crippen molar-refractivity contribution in [2.45, 2.75) is 32.8 Å². The third kappa shape index (κ3) is 5.87.